The minimum atomic E-state index is -4.58. The summed E-state index contributed by atoms with van der Waals surface area (Å²) in [6.07, 6.45) is 34.4. The van der Waals surface area contributed by atoms with Gasteiger partial charge in [-0.1, -0.05) is 148 Å². The van der Waals surface area contributed by atoms with E-state index in [1.165, 1.54) is 96.3 Å². The number of carbonyl (C=O) groups is 1. The summed E-state index contributed by atoms with van der Waals surface area (Å²) in [7, 11) is 1.23. The van der Waals surface area contributed by atoms with Crippen LogP contribution in [-0.4, -0.2) is 86.5 Å². The average Bonchev–Trinajstić information content (AvgIpc) is 3.13. The standard InChI is InChI=1S/C44H86NO9P/c1-6-8-10-12-14-15-16-17-18-19-20-21-22-23-28-32-37-51-39-41(40-53-55(49,50)52-38-36-45(3,4)5)54-44(48)35-31-27-24-26-30-34-43(47)42(46)33-29-25-13-11-9-7-2/h25,29,32,37,41-43,46-47H,6-24,26-28,30-31,33-36,38-40H2,1-5H3/b29-25-,37-32+/t41-,42+,43+/m1/s1. The number of hydrogen-bond acceptors (Lipinski definition) is 9. The summed E-state index contributed by atoms with van der Waals surface area (Å²) in [4.78, 5) is 25.0. The van der Waals surface area contributed by atoms with Crippen LogP contribution in [0.3, 0.4) is 0 Å². The lowest BCUT2D eigenvalue weighted by atomic mass is 10.0. The fourth-order valence-corrected chi connectivity index (χ4v) is 6.85. The molecule has 0 saturated heterocycles. The Hall–Kier alpha value is -1.26. The van der Waals surface area contributed by atoms with Crippen LogP contribution in [-0.2, 0) is 27.9 Å². The highest BCUT2D eigenvalue weighted by molar-refractivity contribution is 7.45. The smallest absolute Gasteiger partial charge is 0.306 e. The number of allylic oxidation sites excluding steroid dienone is 2. The lowest BCUT2D eigenvalue weighted by molar-refractivity contribution is -0.870. The molecule has 0 aromatic heterocycles. The van der Waals surface area contributed by atoms with Crippen LogP contribution in [0.15, 0.2) is 24.5 Å². The Labute approximate surface area is 338 Å². The van der Waals surface area contributed by atoms with E-state index in [1.807, 2.05) is 33.3 Å². The van der Waals surface area contributed by atoms with Crippen LogP contribution in [0, 0.1) is 0 Å². The number of quaternary nitrogens is 1. The zero-order valence-corrected chi connectivity index (χ0v) is 37.0. The minimum absolute atomic E-state index is 0.0106. The van der Waals surface area contributed by atoms with Crippen molar-refractivity contribution in [3.05, 3.63) is 24.5 Å². The molecule has 0 rings (SSSR count). The maximum absolute atomic E-state index is 12.7. The fourth-order valence-electron chi connectivity index (χ4n) is 6.12. The third-order valence-corrected chi connectivity index (χ3v) is 10.7. The van der Waals surface area contributed by atoms with Gasteiger partial charge in [0.25, 0.3) is 7.82 Å². The fraction of sp³-hybridized carbons (Fsp3) is 0.886. The second kappa shape index (κ2) is 37.0. The highest BCUT2D eigenvalue weighted by Gasteiger charge is 2.20. The predicted octanol–water partition coefficient (Wildman–Crippen LogP) is 10.5. The SMILES string of the molecule is CCCCC/C=C\C[C@H](O)[C@@H](O)CCCCCCCC(=O)O[C@H](CO/C=C/CCCCCCCCCCCCCCCC)COP(=O)([O-])OCC[N+](C)(C)C. The maximum Gasteiger partial charge on any atom is 0.306 e. The first kappa shape index (κ1) is 53.7. The van der Waals surface area contributed by atoms with Crippen molar-refractivity contribution in [2.45, 2.75) is 206 Å². The van der Waals surface area contributed by atoms with Gasteiger partial charge in [0.05, 0.1) is 46.2 Å². The van der Waals surface area contributed by atoms with Crippen molar-refractivity contribution in [3.8, 4) is 0 Å². The van der Waals surface area contributed by atoms with Crippen LogP contribution in [0.4, 0.5) is 0 Å². The molecule has 0 spiro atoms. The van der Waals surface area contributed by atoms with Gasteiger partial charge in [0.15, 0.2) is 6.10 Å². The Morgan fingerprint density at radius 2 is 1.16 bits per heavy atom. The van der Waals surface area contributed by atoms with E-state index in [0.717, 1.165) is 51.4 Å². The van der Waals surface area contributed by atoms with Gasteiger partial charge in [-0.2, -0.15) is 0 Å². The van der Waals surface area contributed by atoms with E-state index >= 15 is 0 Å². The van der Waals surface area contributed by atoms with Crippen molar-refractivity contribution in [1.29, 1.82) is 0 Å². The van der Waals surface area contributed by atoms with E-state index in [4.69, 9.17) is 18.5 Å². The molecule has 0 aliphatic rings. The number of rotatable bonds is 41. The van der Waals surface area contributed by atoms with E-state index < -0.39 is 32.1 Å². The van der Waals surface area contributed by atoms with Crippen LogP contribution in [0.5, 0.6) is 0 Å². The van der Waals surface area contributed by atoms with Gasteiger partial charge in [-0.25, -0.2) is 0 Å². The molecule has 1 unspecified atom stereocenters. The van der Waals surface area contributed by atoms with Gasteiger partial charge in [0.2, 0.25) is 0 Å². The van der Waals surface area contributed by atoms with E-state index in [2.05, 4.69) is 19.9 Å². The highest BCUT2D eigenvalue weighted by Crippen LogP contribution is 2.38. The number of esters is 1. The van der Waals surface area contributed by atoms with Crippen LogP contribution in [0.25, 0.3) is 0 Å². The van der Waals surface area contributed by atoms with Crippen molar-refractivity contribution in [3.63, 3.8) is 0 Å². The van der Waals surface area contributed by atoms with Gasteiger partial charge in [-0.15, -0.1) is 0 Å². The Morgan fingerprint density at radius 3 is 1.76 bits per heavy atom. The first-order valence-electron chi connectivity index (χ1n) is 22.3. The van der Waals surface area contributed by atoms with E-state index in [1.54, 1.807) is 6.26 Å². The van der Waals surface area contributed by atoms with E-state index in [0.29, 0.717) is 30.3 Å². The first-order valence-corrected chi connectivity index (χ1v) is 23.7. The normalized spacial score (nSPS) is 15.1. The molecule has 326 valence electrons. The second-order valence-electron chi connectivity index (χ2n) is 16.4. The Bertz CT molecular complexity index is 971. The molecular weight excluding hydrogens is 717 g/mol. The maximum atomic E-state index is 12.7. The summed E-state index contributed by atoms with van der Waals surface area (Å²) in [5, 5.41) is 20.5. The lowest BCUT2D eigenvalue weighted by Crippen LogP contribution is -2.37. The summed E-state index contributed by atoms with van der Waals surface area (Å²) < 4.78 is 34.2. The summed E-state index contributed by atoms with van der Waals surface area (Å²) in [6.45, 7) is 4.51. The highest BCUT2D eigenvalue weighted by atomic mass is 31.2. The zero-order chi connectivity index (χ0) is 40.9. The third kappa shape index (κ3) is 39.4. The molecule has 2 N–H and O–H groups in total. The Kier molecular flexibility index (Phi) is 36.2. The number of unbranched alkanes of at least 4 members (excludes halogenated alkanes) is 21. The number of aliphatic hydroxyl groups excluding tert-OH is 2. The minimum Gasteiger partial charge on any atom is -0.756 e. The molecule has 0 bridgehead atoms. The van der Waals surface area contributed by atoms with Gasteiger partial charge in [0, 0.05) is 6.42 Å². The molecule has 0 aliphatic heterocycles. The molecule has 0 fully saturated rings. The number of carbonyl (C=O) groups excluding carboxylic acids is 1. The number of ether oxygens (including phenoxy) is 2. The molecule has 4 atom stereocenters. The largest absolute Gasteiger partial charge is 0.756 e. The van der Waals surface area contributed by atoms with Gasteiger partial charge in [0.1, 0.15) is 19.8 Å². The molecule has 0 aromatic rings. The number of hydrogen-bond donors (Lipinski definition) is 2. The number of aliphatic hydroxyl groups is 2. The lowest BCUT2D eigenvalue weighted by Gasteiger charge is -2.28. The molecule has 0 heterocycles. The van der Waals surface area contributed by atoms with Gasteiger partial charge in [-0.05, 0) is 51.0 Å². The zero-order valence-electron chi connectivity index (χ0n) is 36.1. The molecule has 11 heteroatoms. The van der Waals surface area contributed by atoms with Crippen LogP contribution < -0.4 is 4.89 Å². The molecule has 0 aromatic carbocycles. The summed E-state index contributed by atoms with van der Waals surface area (Å²) in [6, 6.07) is 0. The van der Waals surface area contributed by atoms with Crippen molar-refractivity contribution >= 4 is 13.8 Å². The van der Waals surface area contributed by atoms with E-state index in [-0.39, 0.29) is 26.2 Å². The van der Waals surface area contributed by atoms with Crippen LogP contribution >= 0.6 is 7.82 Å². The molecule has 0 amide bonds. The number of phosphoric acid groups is 1. The summed E-state index contributed by atoms with van der Waals surface area (Å²) in [5.41, 5.74) is 0. The molecule has 0 saturated carbocycles. The first-order chi connectivity index (χ1) is 26.4. The Balaban J connectivity index is 4.40. The number of likely N-dealkylation sites (N-methyl/N-ethyl adjacent to an activating group) is 1. The number of phosphoric ester groups is 1. The van der Waals surface area contributed by atoms with Gasteiger partial charge in [-0.3, -0.25) is 9.36 Å². The van der Waals surface area contributed by atoms with Crippen molar-refractivity contribution in [2.24, 2.45) is 0 Å². The molecule has 0 radical (unpaired) electrons. The third-order valence-electron chi connectivity index (χ3n) is 9.77. The molecular formula is C44H86NO9P. The topological polar surface area (TPSA) is 135 Å². The van der Waals surface area contributed by atoms with Crippen LogP contribution in [0.2, 0.25) is 0 Å². The summed E-state index contributed by atoms with van der Waals surface area (Å²) >= 11 is 0. The number of nitrogens with zero attached hydrogens (tertiary/aromatic N) is 1. The van der Waals surface area contributed by atoms with Crippen LogP contribution in [0.1, 0.15) is 187 Å². The van der Waals surface area contributed by atoms with Gasteiger partial charge < -0.3 is 38.1 Å². The quantitative estimate of drug-likeness (QED) is 0.0155. The Morgan fingerprint density at radius 1 is 0.655 bits per heavy atom. The molecule has 0 aliphatic carbocycles. The molecule has 55 heavy (non-hydrogen) atoms. The monoisotopic (exact) mass is 804 g/mol. The van der Waals surface area contributed by atoms with E-state index in [9.17, 15) is 24.5 Å². The van der Waals surface area contributed by atoms with Gasteiger partial charge >= 0.3 is 5.97 Å². The second-order valence-corrected chi connectivity index (χ2v) is 17.8. The van der Waals surface area contributed by atoms with Crippen molar-refractivity contribution < 1.29 is 47.5 Å². The average molecular weight is 804 g/mol. The van der Waals surface area contributed by atoms with Crippen molar-refractivity contribution in [2.75, 3.05) is 47.5 Å². The predicted molar refractivity (Wildman–Crippen MR) is 225 cm³/mol. The molecule has 10 nitrogen and oxygen atoms in total. The summed E-state index contributed by atoms with van der Waals surface area (Å²) in [5.74, 6) is -0.434. The van der Waals surface area contributed by atoms with Crippen molar-refractivity contribution in [1.82, 2.24) is 0 Å².